The summed E-state index contributed by atoms with van der Waals surface area (Å²) in [6.45, 7) is 3.41. The molecule has 1 aromatic carbocycles. The predicted octanol–water partition coefficient (Wildman–Crippen LogP) is 1.85. The van der Waals surface area contributed by atoms with E-state index in [1.165, 1.54) is 23.5 Å². The van der Waals surface area contributed by atoms with Crippen LogP contribution in [0.4, 0.5) is 11.4 Å². The van der Waals surface area contributed by atoms with Crippen LogP contribution in [-0.4, -0.2) is 14.3 Å². The summed E-state index contributed by atoms with van der Waals surface area (Å²) in [4.78, 5) is 13.5. The standard InChI is InChI=1S/C13H15N3O3S2/c1-7-10(4-3-5-12(7)21(15,18)19)16-13(17)11-6-9(14)8(2)20-11/h3-6H,14H2,1-2H3,(H,16,17)(H2,15,18,19). The summed E-state index contributed by atoms with van der Waals surface area (Å²) in [7, 11) is -3.83. The van der Waals surface area contributed by atoms with Crippen LogP contribution in [0, 0.1) is 13.8 Å². The van der Waals surface area contributed by atoms with E-state index in [2.05, 4.69) is 5.32 Å². The van der Waals surface area contributed by atoms with Crippen LogP contribution in [0.3, 0.4) is 0 Å². The van der Waals surface area contributed by atoms with Crippen LogP contribution < -0.4 is 16.2 Å². The van der Waals surface area contributed by atoms with Gasteiger partial charge < -0.3 is 11.1 Å². The fraction of sp³-hybridized carbons (Fsp3) is 0.154. The SMILES string of the molecule is Cc1sc(C(=O)Nc2cccc(S(N)(=O)=O)c2C)cc1N. The molecule has 0 aliphatic carbocycles. The lowest BCUT2D eigenvalue weighted by molar-refractivity contribution is 0.103. The third-order valence-electron chi connectivity index (χ3n) is 3.02. The summed E-state index contributed by atoms with van der Waals surface area (Å²) in [5, 5.41) is 7.81. The molecular weight excluding hydrogens is 310 g/mol. The van der Waals surface area contributed by atoms with E-state index >= 15 is 0 Å². The normalized spacial score (nSPS) is 11.4. The van der Waals surface area contributed by atoms with Crippen molar-refractivity contribution in [1.82, 2.24) is 0 Å². The first-order valence-corrected chi connectivity index (χ1v) is 8.36. The smallest absolute Gasteiger partial charge is 0.265 e. The average molecular weight is 325 g/mol. The molecule has 0 fully saturated rings. The number of benzene rings is 1. The van der Waals surface area contributed by atoms with Gasteiger partial charge in [0.25, 0.3) is 5.91 Å². The molecule has 0 radical (unpaired) electrons. The number of thiophene rings is 1. The second-order valence-electron chi connectivity index (χ2n) is 4.55. The van der Waals surface area contributed by atoms with Crippen LogP contribution in [0.1, 0.15) is 20.1 Å². The van der Waals surface area contributed by atoms with Crippen molar-refractivity contribution in [1.29, 1.82) is 0 Å². The molecule has 1 amide bonds. The van der Waals surface area contributed by atoms with Crippen LogP contribution in [0.25, 0.3) is 0 Å². The molecule has 0 spiro atoms. The molecule has 0 bridgehead atoms. The Hall–Kier alpha value is -1.90. The third kappa shape index (κ3) is 3.23. The van der Waals surface area contributed by atoms with Crippen molar-refractivity contribution < 1.29 is 13.2 Å². The van der Waals surface area contributed by atoms with Gasteiger partial charge in [-0.15, -0.1) is 11.3 Å². The van der Waals surface area contributed by atoms with Crippen molar-refractivity contribution in [2.45, 2.75) is 18.7 Å². The van der Waals surface area contributed by atoms with E-state index in [0.29, 0.717) is 21.8 Å². The maximum Gasteiger partial charge on any atom is 0.265 e. The first kappa shape index (κ1) is 15.5. The number of hydrogen-bond donors (Lipinski definition) is 3. The highest BCUT2D eigenvalue weighted by Gasteiger charge is 2.16. The molecule has 8 heteroatoms. The molecule has 2 rings (SSSR count). The number of aryl methyl sites for hydroxylation is 1. The molecule has 6 nitrogen and oxygen atoms in total. The molecule has 1 aromatic heterocycles. The molecule has 5 N–H and O–H groups in total. The number of carbonyl (C=O) groups excluding carboxylic acids is 1. The van der Waals surface area contributed by atoms with E-state index < -0.39 is 10.0 Å². The summed E-state index contributed by atoms with van der Waals surface area (Å²) in [6.07, 6.45) is 0. The summed E-state index contributed by atoms with van der Waals surface area (Å²) in [5.74, 6) is -0.338. The van der Waals surface area contributed by atoms with Crippen molar-refractivity contribution in [2.24, 2.45) is 5.14 Å². The Morgan fingerprint density at radius 2 is 1.95 bits per heavy atom. The average Bonchev–Trinajstić information content (AvgIpc) is 2.71. The van der Waals surface area contributed by atoms with Gasteiger partial charge in [0.15, 0.2) is 0 Å². The van der Waals surface area contributed by atoms with Crippen molar-refractivity contribution in [3.63, 3.8) is 0 Å². The summed E-state index contributed by atoms with van der Waals surface area (Å²) < 4.78 is 22.9. The number of rotatable bonds is 3. The highest BCUT2D eigenvalue weighted by molar-refractivity contribution is 7.89. The van der Waals surface area contributed by atoms with Gasteiger partial charge in [-0.05, 0) is 37.6 Å². The zero-order valence-corrected chi connectivity index (χ0v) is 13.1. The Bertz CT molecular complexity index is 791. The zero-order valence-electron chi connectivity index (χ0n) is 11.5. The lowest BCUT2D eigenvalue weighted by atomic mass is 10.2. The van der Waals surface area contributed by atoms with Crippen LogP contribution in [-0.2, 0) is 10.0 Å². The molecule has 21 heavy (non-hydrogen) atoms. The van der Waals surface area contributed by atoms with E-state index in [9.17, 15) is 13.2 Å². The summed E-state index contributed by atoms with van der Waals surface area (Å²) in [6, 6.07) is 6.13. The number of hydrogen-bond acceptors (Lipinski definition) is 5. The van der Waals surface area contributed by atoms with Crippen LogP contribution in [0.2, 0.25) is 0 Å². The number of sulfonamides is 1. The minimum absolute atomic E-state index is 0.0119. The second kappa shape index (κ2) is 5.47. The fourth-order valence-corrected chi connectivity index (χ4v) is 3.49. The van der Waals surface area contributed by atoms with E-state index in [0.717, 1.165) is 4.88 Å². The summed E-state index contributed by atoms with van der Waals surface area (Å²) >= 11 is 1.28. The van der Waals surface area contributed by atoms with E-state index in [1.807, 2.05) is 6.92 Å². The number of carbonyl (C=O) groups is 1. The van der Waals surface area contributed by atoms with Crippen molar-refractivity contribution in [3.05, 3.63) is 39.6 Å². The molecule has 0 aliphatic heterocycles. The first-order chi connectivity index (χ1) is 9.70. The van der Waals surface area contributed by atoms with Gasteiger partial charge in [0.2, 0.25) is 10.0 Å². The van der Waals surface area contributed by atoms with Crippen LogP contribution in [0.5, 0.6) is 0 Å². The van der Waals surface area contributed by atoms with E-state index in [-0.39, 0.29) is 10.8 Å². The maximum atomic E-state index is 12.2. The Balaban J connectivity index is 2.34. The minimum Gasteiger partial charge on any atom is -0.398 e. The zero-order chi connectivity index (χ0) is 15.8. The largest absolute Gasteiger partial charge is 0.398 e. The summed E-state index contributed by atoms with van der Waals surface area (Å²) in [5.41, 5.74) is 7.07. The van der Waals surface area contributed by atoms with Crippen LogP contribution in [0.15, 0.2) is 29.2 Å². The molecule has 0 atom stereocenters. The third-order valence-corrected chi connectivity index (χ3v) is 5.14. The molecule has 2 aromatic rings. The lowest BCUT2D eigenvalue weighted by Gasteiger charge is -2.10. The Morgan fingerprint density at radius 3 is 2.48 bits per heavy atom. The molecular formula is C13H15N3O3S2. The van der Waals surface area contributed by atoms with Gasteiger partial charge in [0.1, 0.15) is 0 Å². The Kier molecular flexibility index (Phi) is 4.04. The van der Waals surface area contributed by atoms with Gasteiger partial charge >= 0.3 is 0 Å². The number of primary sulfonamides is 1. The van der Waals surface area contributed by atoms with Gasteiger partial charge in [0.05, 0.1) is 9.77 Å². The van der Waals surface area contributed by atoms with Gasteiger partial charge in [-0.1, -0.05) is 6.07 Å². The van der Waals surface area contributed by atoms with E-state index in [4.69, 9.17) is 10.9 Å². The quantitative estimate of drug-likeness (QED) is 0.798. The number of nitrogens with one attached hydrogen (secondary N) is 1. The van der Waals surface area contributed by atoms with Crippen molar-refractivity contribution in [3.8, 4) is 0 Å². The highest BCUT2D eigenvalue weighted by Crippen LogP contribution is 2.26. The molecule has 1 heterocycles. The van der Waals surface area contributed by atoms with Crippen molar-refractivity contribution >= 4 is 38.6 Å². The van der Waals surface area contributed by atoms with Crippen molar-refractivity contribution in [2.75, 3.05) is 11.1 Å². The number of amides is 1. The molecule has 112 valence electrons. The fourth-order valence-electron chi connectivity index (χ4n) is 1.85. The number of nitrogen functional groups attached to an aromatic ring is 1. The maximum absolute atomic E-state index is 12.2. The van der Waals surface area contributed by atoms with Gasteiger partial charge in [0, 0.05) is 16.3 Å². The highest BCUT2D eigenvalue weighted by atomic mass is 32.2. The molecule has 0 saturated heterocycles. The van der Waals surface area contributed by atoms with Gasteiger partial charge in [-0.25, -0.2) is 13.6 Å². The molecule has 0 aliphatic rings. The minimum atomic E-state index is -3.83. The Labute approximate surface area is 126 Å². The Morgan fingerprint density at radius 1 is 1.29 bits per heavy atom. The lowest BCUT2D eigenvalue weighted by Crippen LogP contribution is -2.16. The van der Waals surface area contributed by atoms with Crippen LogP contribution >= 0.6 is 11.3 Å². The number of nitrogens with two attached hydrogens (primary N) is 2. The number of anilines is 2. The van der Waals surface area contributed by atoms with Gasteiger partial charge in [-0.3, -0.25) is 4.79 Å². The topological polar surface area (TPSA) is 115 Å². The molecule has 0 unspecified atom stereocenters. The van der Waals surface area contributed by atoms with Gasteiger partial charge in [-0.2, -0.15) is 0 Å². The molecule has 0 saturated carbocycles. The second-order valence-corrected chi connectivity index (χ2v) is 7.34. The van der Waals surface area contributed by atoms with E-state index in [1.54, 1.807) is 19.1 Å². The first-order valence-electron chi connectivity index (χ1n) is 6.00. The monoisotopic (exact) mass is 325 g/mol. The predicted molar refractivity (Wildman–Crippen MR) is 84.0 cm³/mol.